The number of aryl methyl sites for hydroxylation is 1. The van der Waals surface area contributed by atoms with Gasteiger partial charge in [0.05, 0.1) is 30.2 Å². The molecule has 7 nitrogen and oxygen atoms in total. The van der Waals surface area contributed by atoms with Crippen LogP contribution in [0.2, 0.25) is 0 Å². The van der Waals surface area contributed by atoms with Crippen molar-refractivity contribution < 1.29 is 15.3 Å². The summed E-state index contributed by atoms with van der Waals surface area (Å²) in [7, 11) is 3.74. The fourth-order valence-corrected chi connectivity index (χ4v) is 4.02. The molecule has 0 atom stereocenters. The monoisotopic (exact) mass is 406 g/mol. The van der Waals surface area contributed by atoms with Gasteiger partial charge < -0.3 is 30.4 Å². The van der Waals surface area contributed by atoms with E-state index >= 15 is 0 Å². The Morgan fingerprint density at radius 1 is 1.21 bits per heavy atom. The smallest absolute Gasteiger partial charge is 0.139 e. The summed E-state index contributed by atoms with van der Waals surface area (Å²) in [6.45, 7) is 6.97. The number of amidine groups is 1. The van der Waals surface area contributed by atoms with Crippen molar-refractivity contribution in [1.82, 2.24) is 9.80 Å². The minimum atomic E-state index is 0. The van der Waals surface area contributed by atoms with Crippen molar-refractivity contribution in [3.8, 4) is 0 Å². The Hall–Kier alpha value is -1.97. The molecule has 2 aliphatic heterocycles. The highest BCUT2D eigenvalue weighted by molar-refractivity contribution is 7.16. The molecule has 1 fully saturated rings. The predicted octanol–water partition coefficient (Wildman–Crippen LogP) is 2.24. The number of likely N-dealkylation sites (N-methyl/N-ethyl adjacent to an activating group) is 1. The molecule has 0 spiro atoms. The van der Waals surface area contributed by atoms with Gasteiger partial charge in [-0.25, -0.2) is 4.99 Å². The summed E-state index contributed by atoms with van der Waals surface area (Å²) in [4.78, 5) is 11.1. The SMILES string of the molecule is COCCO.Cc1cc2c(s1)Nc1ccccc1N=C2N1CCN(C)CC1.O. The van der Waals surface area contributed by atoms with Crippen LogP contribution in [0.25, 0.3) is 0 Å². The zero-order valence-corrected chi connectivity index (χ0v) is 17.6. The van der Waals surface area contributed by atoms with Gasteiger partial charge in [-0.2, -0.15) is 0 Å². The number of methoxy groups -OCH3 is 1. The molecule has 154 valence electrons. The maximum absolute atomic E-state index is 7.94. The summed E-state index contributed by atoms with van der Waals surface area (Å²) in [6, 6.07) is 10.6. The van der Waals surface area contributed by atoms with E-state index in [1.807, 2.05) is 0 Å². The molecule has 8 heteroatoms. The highest BCUT2D eigenvalue weighted by atomic mass is 32.1. The van der Waals surface area contributed by atoms with Crippen LogP contribution in [0.15, 0.2) is 35.3 Å². The highest BCUT2D eigenvalue weighted by Gasteiger charge is 2.25. The number of thiophene rings is 1. The van der Waals surface area contributed by atoms with E-state index in [4.69, 9.17) is 10.1 Å². The lowest BCUT2D eigenvalue weighted by molar-refractivity contribution is 0.135. The molecule has 0 amide bonds. The number of aliphatic imine (C=N–C) groups is 1. The molecule has 2 aliphatic rings. The number of benzene rings is 1. The first kappa shape index (κ1) is 22.3. The standard InChI is InChI=1S/C17H20N4S.C3H8O2.H2O/c1-12-11-13-16(21-9-7-20(2)8-10-21)18-14-5-3-4-6-15(14)19-17(13)22-12;1-5-3-2-4;/h3-6,11,19H,7-10H2,1-2H3;4H,2-3H2,1H3;1H2. The van der Waals surface area contributed by atoms with E-state index < -0.39 is 0 Å². The molecule has 0 saturated carbocycles. The number of hydrogen-bond donors (Lipinski definition) is 2. The number of anilines is 2. The van der Waals surface area contributed by atoms with Crippen LogP contribution >= 0.6 is 11.3 Å². The number of hydrogen-bond acceptors (Lipinski definition) is 7. The highest BCUT2D eigenvalue weighted by Crippen LogP contribution is 2.39. The molecule has 2 aromatic rings. The Labute approximate surface area is 170 Å². The largest absolute Gasteiger partial charge is 0.412 e. The van der Waals surface area contributed by atoms with E-state index in [1.165, 1.54) is 15.4 Å². The van der Waals surface area contributed by atoms with Gasteiger partial charge in [-0.15, -0.1) is 11.3 Å². The number of ether oxygens (including phenoxy) is 1. The lowest BCUT2D eigenvalue weighted by Crippen LogP contribution is -2.47. The van der Waals surface area contributed by atoms with Gasteiger partial charge in [0.25, 0.3) is 0 Å². The lowest BCUT2D eigenvalue weighted by Gasteiger charge is -2.34. The topological polar surface area (TPSA) is 91.8 Å². The number of aliphatic hydroxyl groups excluding tert-OH is 1. The van der Waals surface area contributed by atoms with Gasteiger partial charge in [0.2, 0.25) is 0 Å². The molecule has 3 heterocycles. The molecule has 28 heavy (non-hydrogen) atoms. The van der Waals surface area contributed by atoms with Crippen molar-refractivity contribution in [2.24, 2.45) is 4.99 Å². The molecule has 4 rings (SSSR count). The Kier molecular flexibility index (Phi) is 8.40. The van der Waals surface area contributed by atoms with Gasteiger partial charge in [-0.3, -0.25) is 0 Å². The summed E-state index contributed by atoms with van der Waals surface area (Å²) < 4.78 is 4.44. The first-order chi connectivity index (χ1) is 13.1. The van der Waals surface area contributed by atoms with Crippen molar-refractivity contribution >= 4 is 33.5 Å². The number of para-hydroxylation sites is 2. The summed E-state index contributed by atoms with van der Waals surface area (Å²) >= 11 is 1.81. The van der Waals surface area contributed by atoms with Gasteiger partial charge in [0.1, 0.15) is 10.8 Å². The summed E-state index contributed by atoms with van der Waals surface area (Å²) in [6.07, 6.45) is 0. The van der Waals surface area contributed by atoms with Crippen LogP contribution in [0, 0.1) is 6.92 Å². The Morgan fingerprint density at radius 3 is 2.57 bits per heavy atom. The third kappa shape index (κ3) is 5.30. The van der Waals surface area contributed by atoms with Gasteiger partial charge >= 0.3 is 0 Å². The fraction of sp³-hybridized carbons (Fsp3) is 0.450. The van der Waals surface area contributed by atoms with Crippen molar-refractivity contribution in [2.45, 2.75) is 6.92 Å². The second kappa shape index (κ2) is 10.5. The molecule has 0 unspecified atom stereocenters. The van der Waals surface area contributed by atoms with E-state index in [-0.39, 0.29) is 12.1 Å². The quantitative estimate of drug-likeness (QED) is 0.798. The molecule has 1 aromatic carbocycles. The normalized spacial score (nSPS) is 15.7. The van der Waals surface area contributed by atoms with Crippen molar-refractivity contribution in [2.75, 3.05) is 58.9 Å². The minimum absolute atomic E-state index is 0. The van der Waals surface area contributed by atoms with Gasteiger partial charge in [-0.05, 0) is 32.2 Å². The zero-order chi connectivity index (χ0) is 19.2. The molecule has 0 aliphatic carbocycles. The number of rotatable bonds is 2. The Morgan fingerprint density at radius 2 is 1.93 bits per heavy atom. The number of fused-ring (bicyclic) bond motifs is 2. The van der Waals surface area contributed by atoms with Crippen LogP contribution in [-0.4, -0.2) is 79.8 Å². The van der Waals surface area contributed by atoms with Crippen LogP contribution in [0.1, 0.15) is 10.4 Å². The third-order valence-corrected chi connectivity index (χ3v) is 5.54. The van der Waals surface area contributed by atoms with Crippen LogP contribution < -0.4 is 5.32 Å². The molecule has 4 N–H and O–H groups in total. The van der Waals surface area contributed by atoms with Crippen LogP contribution in [0.5, 0.6) is 0 Å². The zero-order valence-electron chi connectivity index (χ0n) is 16.7. The van der Waals surface area contributed by atoms with E-state index in [9.17, 15) is 0 Å². The van der Waals surface area contributed by atoms with Gasteiger partial charge in [0, 0.05) is 38.2 Å². The Bertz CT molecular complexity index is 784. The van der Waals surface area contributed by atoms with Crippen molar-refractivity contribution in [1.29, 1.82) is 0 Å². The molecule has 0 bridgehead atoms. The second-order valence-electron chi connectivity index (χ2n) is 6.68. The van der Waals surface area contributed by atoms with Gasteiger partial charge in [0.15, 0.2) is 0 Å². The number of aliphatic hydroxyl groups is 1. The van der Waals surface area contributed by atoms with E-state index in [2.05, 4.69) is 64.2 Å². The average molecular weight is 407 g/mol. The Balaban J connectivity index is 0.000000420. The van der Waals surface area contributed by atoms with Crippen molar-refractivity contribution in [3.63, 3.8) is 0 Å². The van der Waals surface area contributed by atoms with Crippen LogP contribution in [0.3, 0.4) is 0 Å². The van der Waals surface area contributed by atoms with E-state index in [0.717, 1.165) is 43.4 Å². The predicted molar refractivity (Wildman–Crippen MR) is 117 cm³/mol. The maximum Gasteiger partial charge on any atom is 0.139 e. The molecule has 1 saturated heterocycles. The summed E-state index contributed by atoms with van der Waals surface area (Å²) in [5.41, 5.74) is 3.36. The number of nitrogens with zero attached hydrogens (tertiary/aromatic N) is 3. The van der Waals surface area contributed by atoms with Crippen LogP contribution in [0.4, 0.5) is 16.4 Å². The fourth-order valence-electron chi connectivity index (χ4n) is 3.10. The molecular weight excluding hydrogens is 376 g/mol. The lowest BCUT2D eigenvalue weighted by atomic mass is 10.2. The van der Waals surface area contributed by atoms with E-state index in [0.29, 0.717) is 6.61 Å². The third-order valence-electron chi connectivity index (χ3n) is 4.57. The average Bonchev–Trinajstić information content (AvgIpc) is 2.95. The van der Waals surface area contributed by atoms with Crippen LogP contribution in [-0.2, 0) is 4.74 Å². The second-order valence-corrected chi connectivity index (χ2v) is 7.94. The van der Waals surface area contributed by atoms with Gasteiger partial charge in [-0.1, -0.05) is 12.1 Å². The molecular formula is C20H30N4O3S. The summed E-state index contributed by atoms with van der Waals surface area (Å²) in [5, 5.41) is 12.7. The first-order valence-electron chi connectivity index (χ1n) is 9.21. The summed E-state index contributed by atoms with van der Waals surface area (Å²) in [5.74, 6) is 1.12. The molecule has 0 radical (unpaired) electrons. The van der Waals surface area contributed by atoms with Crippen molar-refractivity contribution in [3.05, 3.63) is 40.8 Å². The first-order valence-corrected chi connectivity index (χ1v) is 10.0. The number of piperazine rings is 1. The minimum Gasteiger partial charge on any atom is -0.412 e. The number of nitrogens with one attached hydrogen (secondary N) is 1. The van der Waals surface area contributed by atoms with E-state index in [1.54, 1.807) is 18.4 Å². The molecule has 1 aromatic heterocycles. The maximum atomic E-state index is 7.94.